The van der Waals surface area contributed by atoms with Gasteiger partial charge in [-0.1, -0.05) is 32.0 Å². The molecule has 2 N–H and O–H groups in total. The van der Waals surface area contributed by atoms with E-state index < -0.39 is 11.6 Å². The molecule has 1 aromatic carbocycles. The summed E-state index contributed by atoms with van der Waals surface area (Å²) >= 11 is 0. The van der Waals surface area contributed by atoms with Gasteiger partial charge in [0.25, 0.3) is 5.56 Å². The lowest BCUT2D eigenvalue weighted by atomic mass is 9.86. The number of carboxylic acids is 1. The molecule has 0 spiro atoms. The maximum Gasteiger partial charge on any atom is 0.340 e. The Morgan fingerprint density at radius 1 is 1.26 bits per heavy atom. The van der Waals surface area contributed by atoms with Crippen LogP contribution >= 0.6 is 0 Å². The van der Waals surface area contributed by atoms with E-state index in [1.54, 1.807) is 24.5 Å². The second-order valence-electron chi connectivity index (χ2n) is 6.87. The van der Waals surface area contributed by atoms with Crippen molar-refractivity contribution in [3.05, 3.63) is 63.4 Å². The van der Waals surface area contributed by atoms with Crippen LogP contribution in [0.25, 0.3) is 22.3 Å². The second kappa shape index (κ2) is 6.03. The number of carboxylic acid groups (broad SMARTS) is 1. The minimum absolute atomic E-state index is 0.0315. The van der Waals surface area contributed by atoms with Gasteiger partial charge in [0.05, 0.1) is 23.4 Å². The molecule has 0 unspecified atom stereocenters. The topological polar surface area (TPSA) is 92.4 Å². The van der Waals surface area contributed by atoms with Crippen LogP contribution in [-0.4, -0.2) is 25.7 Å². The molecule has 6 nitrogen and oxygen atoms in total. The fourth-order valence-electron chi connectivity index (χ4n) is 3.88. The van der Waals surface area contributed by atoms with Gasteiger partial charge in [0.2, 0.25) is 0 Å². The van der Waals surface area contributed by atoms with Gasteiger partial charge in [0, 0.05) is 22.1 Å². The predicted octanol–water partition coefficient (Wildman–Crippen LogP) is 2.67. The zero-order valence-electron chi connectivity index (χ0n) is 15.2. The van der Waals surface area contributed by atoms with Gasteiger partial charge in [-0.3, -0.25) is 4.79 Å². The van der Waals surface area contributed by atoms with Crippen molar-refractivity contribution in [1.82, 2.24) is 9.55 Å². The fourth-order valence-corrected chi connectivity index (χ4v) is 3.88. The van der Waals surface area contributed by atoms with Crippen LogP contribution < -0.4 is 5.56 Å². The van der Waals surface area contributed by atoms with E-state index in [0.29, 0.717) is 29.9 Å². The molecule has 27 heavy (non-hydrogen) atoms. The Labute approximate surface area is 155 Å². The SMILES string of the molecule is CCc1c([C@](O)(CC)C(=O)O)cc2n(c1=O)Cc1cc3ccccc3nc1-2. The standard InChI is InChI=1S/C21H20N2O4/c1-3-14-15(21(27,4-2)20(25)26)10-17-18-13(11-23(17)19(14)24)9-12-7-5-6-8-16(12)22-18/h5-10,27H,3-4,11H2,1-2H3,(H,25,26)/t21-/m1/s1. The van der Waals surface area contributed by atoms with E-state index in [0.717, 1.165) is 16.5 Å². The molecule has 1 aliphatic heterocycles. The number of aliphatic hydroxyl groups is 1. The Hall–Kier alpha value is -2.99. The van der Waals surface area contributed by atoms with Crippen molar-refractivity contribution < 1.29 is 15.0 Å². The summed E-state index contributed by atoms with van der Waals surface area (Å²) in [7, 11) is 0. The van der Waals surface area contributed by atoms with Crippen molar-refractivity contribution in [1.29, 1.82) is 0 Å². The Bertz CT molecular complexity index is 1150. The first-order valence-corrected chi connectivity index (χ1v) is 9.02. The van der Waals surface area contributed by atoms with Crippen molar-refractivity contribution in [2.24, 2.45) is 0 Å². The van der Waals surface area contributed by atoms with Crippen molar-refractivity contribution in [2.45, 2.75) is 38.8 Å². The van der Waals surface area contributed by atoms with Gasteiger partial charge in [-0.25, -0.2) is 9.78 Å². The van der Waals surface area contributed by atoms with E-state index in [4.69, 9.17) is 4.98 Å². The molecule has 1 aliphatic rings. The molecule has 3 heterocycles. The Balaban J connectivity index is 2.03. The van der Waals surface area contributed by atoms with E-state index in [-0.39, 0.29) is 17.5 Å². The van der Waals surface area contributed by atoms with Crippen LogP contribution in [0.2, 0.25) is 0 Å². The van der Waals surface area contributed by atoms with Crippen LogP contribution in [0.15, 0.2) is 41.2 Å². The van der Waals surface area contributed by atoms with Gasteiger partial charge < -0.3 is 14.8 Å². The fraction of sp³-hybridized carbons (Fsp3) is 0.286. The van der Waals surface area contributed by atoms with Gasteiger partial charge in [-0.05, 0) is 31.0 Å². The van der Waals surface area contributed by atoms with Gasteiger partial charge in [0.1, 0.15) is 0 Å². The van der Waals surface area contributed by atoms with E-state index in [2.05, 4.69) is 0 Å². The quantitative estimate of drug-likeness (QED) is 0.581. The van der Waals surface area contributed by atoms with E-state index in [1.807, 2.05) is 30.3 Å². The molecule has 0 fully saturated rings. The van der Waals surface area contributed by atoms with Crippen LogP contribution in [-0.2, 0) is 23.4 Å². The lowest BCUT2D eigenvalue weighted by Crippen LogP contribution is -2.39. The number of pyridine rings is 2. The molecule has 1 atom stereocenters. The molecule has 6 heteroatoms. The number of aromatic nitrogens is 2. The summed E-state index contributed by atoms with van der Waals surface area (Å²) in [5.41, 5.74) is 1.09. The molecule has 4 rings (SSSR count). The van der Waals surface area contributed by atoms with Crippen LogP contribution in [0.5, 0.6) is 0 Å². The van der Waals surface area contributed by atoms with Crippen LogP contribution in [0.1, 0.15) is 37.0 Å². The number of hydrogen-bond acceptors (Lipinski definition) is 4. The summed E-state index contributed by atoms with van der Waals surface area (Å²) in [6.07, 6.45) is 0.312. The Morgan fingerprint density at radius 2 is 2.00 bits per heavy atom. The molecule has 3 aromatic rings. The average Bonchev–Trinajstić information content (AvgIpc) is 3.03. The summed E-state index contributed by atoms with van der Waals surface area (Å²) < 4.78 is 1.62. The summed E-state index contributed by atoms with van der Waals surface area (Å²) in [6, 6.07) is 11.3. The molecule has 0 bridgehead atoms. The first kappa shape index (κ1) is 17.4. The zero-order chi connectivity index (χ0) is 19.3. The Kier molecular flexibility index (Phi) is 3.89. The largest absolute Gasteiger partial charge is 0.479 e. The molecule has 138 valence electrons. The van der Waals surface area contributed by atoms with E-state index >= 15 is 0 Å². The van der Waals surface area contributed by atoms with Crippen molar-refractivity contribution in [3.63, 3.8) is 0 Å². The second-order valence-corrected chi connectivity index (χ2v) is 6.87. The molecule has 0 aliphatic carbocycles. The van der Waals surface area contributed by atoms with Crippen LogP contribution in [0.3, 0.4) is 0 Å². The van der Waals surface area contributed by atoms with Crippen molar-refractivity contribution >= 4 is 16.9 Å². The molecule has 2 aromatic heterocycles. The molecular formula is C21H20N2O4. The van der Waals surface area contributed by atoms with Gasteiger partial charge >= 0.3 is 5.97 Å². The summed E-state index contributed by atoms with van der Waals surface area (Å²) in [6.45, 7) is 3.78. The van der Waals surface area contributed by atoms with Crippen molar-refractivity contribution in [3.8, 4) is 11.4 Å². The summed E-state index contributed by atoms with van der Waals surface area (Å²) in [4.78, 5) is 29.6. The van der Waals surface area contributed by atoms with Crippen LogP contribution in [0, 0.1) is 0 Å². The minimum Gasteiger partial charge on any atom is -0.479 e. The number of nitrogens with zero attached hydrogens (tertiary/aromatic N) is 2. The predicted molar refractivity (Wildman–Crippen MR) is 102 cm³/mol. The molecule has 0 saturated carbocycles. The third-order valence-corrected chi connectivity index (χ3v) is 5.44. The number of hydrogen-bond donors (Lipinski definition) is 2. The molecule has 0 radical (unpaired) electrons. The minimum atomic E-state index is -2.10. The number of aliphatic carboxylic acids is 1. The number of benzene rings is 1. The monoisotopic (exact) mass is 364 g/mol. The maximum absolute atomic E-state index is 13.1. The highest BCUT2D eigenvalue weighted by molar-refractivity contribution is 5.85. The molecular weight excluding hydrogens is 344 g/mol. The number of rotatable bonds is 4. The third kappa shape index (κ3) is 2.40. The maximum atomic E-state index is 13.1. The van der Waals surface area contributed by atoms with E-state index in [9.17, 15) is 19.8 Å². The molecule has 0 amide bonds. The van der Waals surface area contributed by atoms with E-state index in [1.165, 1.54) is 0 Å². The van der Waals surface area contributed by atoms with Gasteiger partial charge in [0.15, 0.2) is 5.60 Å². The summed E-state index contributed by atoms with van der Waals surface area (Å²) in [5, 5.41) is 21.4. The number of fused-ring (bicyclic) bond motifs is 4. The Morgan fingerprint density at radius 3 is 2.67 bits per heavy atom. The van der Waals surface area contributed by atoms with Crippen molar-refractivity contribution in [2.75, 3.05) is 0 Å². The smallest absolute Gasteiger partial charge is 0.340 e. The summed E-state index contributed by atoms with van der Waals surface area (Å²) in [5.74, 6) is -1.35. The number of para-hydroxylation sites is 1. The first-order chi connectivity index (χ1) is 12.9. The lowest BCUT2D eigenvalue weighted by Gasteiger charge is -2.25. The molecule has 0 saturated heterocycles. The highest BCUT2D eigenvalue weighted by atomic mass is 16.4. The third-order valence-electron chi connectivity index (χ3n) is 5.44. The highest BCUT2D eigenvalue weighted by Gasteiger charge is 2.40. The average molecular weight is 364 g/mol. The normalized spacial score (nSPS) is 14.6. The van der Waals surface area contributed by atoms with Crippen LogP contribution in [0.4, 0.5) is 0 Å². The highest BCUT2D eigenvalue weighted by Crippen LogP contribution is 2.36. The first-order valence-electron chi connectivity index (χ1n) is 9.02. The number of carbonyl (C=O) groups is 1. The lowest BCUT2D eigenvalue weighted by molar-refractivity contribution is -0.160. The van der Waals surface area contributed by atoms with Gasteiger partial charge in [-0.2, -0.15) is 0 Å². The van der Waals surface area contributed by atoms with Gasteiger partial charge in [-0.15, -0.1) is 0 Å². The zero-order valence-corrected chi connectivity index (χ0v) is 15.2.